The lowest BCUT2D eigenvalue weighted by atomic mass is 10.2. The molecule has 0 fully saturated rings. The highest BCUT2D eigenvalue weighted by molar-refractivity contribution is 7.07. The monoisotopic (exact) mass is 257 g/mol. The molecule has 1 N–H and O–H groups in total. The number of carbonyl (C=O) groups is 1. The summed E-state index contributed by atoms with van der Waals surface area (Å²) in [7, 11) is 0. The van der Waals surface area contributed by atoms with Crippen LogP contribution in [0.3, 0.4) is 0 Å². The second kappa shape index (κ2) is 4.15. The number of carboxylic acids is 1. The van der Waals surface area contributed by atoms with Crippen LogP contribution in [0.25, 0.3) is 22.4 Å². The van der Waals surface area contributed by atoms with Crippen LogP contribution in [0.5, 0.6) is 0 Å². The van der Waals surface area contributed by atoms with Gasteiger partial charge in [-0.3, -0.25) is 0 Å². The molecule has 0 aliphatic heterocycles. The summed E-state index contributed by atoms with van der Waals surface area (Å²) in [5.41, 5.74) is 2.86. The molecule has 3 rings (SSSR count). The summed E-state index contributed by atoms with van der Waals surface area (Å²) in [6.07, 6.45) is 0. The normalized spacial score (nSPS) is 10.7. The van der Waals surface area contributed by atoms with Crippen LogP contribution >= 0.6 is 11.3 Å². The zero-order valence-corrected chi connectivity index (χ0v) is 9.89. The Labute approximate surface area is 106 Å². The van der Waals surface area contributed by atoms with Gasteiger partial charge in [0.25, 0.3) is 0 Å². The molecular formula is C12H7N3O2S. The van der Waals surface area contributed by atoms with Gasteiger partial charge in [0.15, 0.2) is 11.5 Å². The van der Waals surface area contributed by atoms with Crippen LogP contribution in [0.15, 0.2) is 35.2 Å². The zero-order chi connectivity index (χ0) is 12.5. The van der Waals surface area contributed by atoms with Crippen LogP contribution in [0.4, 0.5) is 0 Å². The highest BCUT2D eigenvalue weighted by Crippen LogP contribution is 2.21. The van der Waals surface area contributed by atoms with Gasteiger partial charge in [-0.1, -0.05) is 18.2 Å². The first kappa shape index (κ1) is 10.8. The van der Waals surface area contributed by atoms with E-state index in [4.69, 9.17) is 0 Å². The van der Waals surface area contributed by atoms with Crippen molar-refractivity contribution in [1.82, 2.24) is 15.0 Å². The third-order valence-corrected chi connectivity index (χ3v) is 3.05. The van der Waals surface area contributed by atoms with Crippen molar-refractivity contribution in [2.45, 2.75) is 0 Å². The Morgan fingerprint density at radius 1 is 1.22 bits per heavy atom. The Kier molecular flexibility index (Phi) is 2.49. The quantitative estimate of drug-likeness (QED) is 0.763. The van der Waals surface area contributed by atoms with Gasteiger partial charge in [0, 0.05) is 10.8 Å². The zero-order valence-electron chi connectivity index (χ0n) is 9.07. The third kappa shape index (κ3) is 1.72. The molecule has 0 aliphatic carbocycles. The summed E-state index contributed by atoms with van der Waals surface area (Å²) in [6.45, 7) is 0. The highest BCUT2D eigenvalue weighted by Gasteiger charge is 2.15. The number of aromatic carboxylic acids is 1. The number of thiazole rings is 1. The minimum absolute atomic E-state index is 0.00333. The van der Waals surface area contributed by atoms with Crippen LogP contribution in [0.2, 0.25) is 0 Å². The second-order valence-corrected chi connectivity index (χ2v) is 4.31. The van der Waals surface area contributed by atoms with Crippen molar-refractivity contribution in [1.29, 1.82) is 0 Å². The van der Waals surface area contributed by atoms with Gasteiger partial charge in [0.05, 0.1) is 11.0 Å². The number of hydrogen-bond donors (Lipinski definition) is 1. The molecule has 0 atom stereocenters. The molecule has 2 aromatic heterocycles. The Morgan fingerprint density at radius 2 is 2.06 bits per heavy atom. The molecule has 2 heterocycles. The summed E-state index contributed by atoms with van der Waals surface area (Å²) in [5, 5.41) is 11.5. The molecular weight excluding hydrogens is 250 g/mol. The number of benzene rings is 1. The number of nitrogens with zero attached hydrogens (tertiary/aromatic N) is 3. The van der Waals surface area contributed by atoms with E-state index in [9.17, 15) is 9.90 Å². The number of aromatic nitrogens is 3. The van der Waals surface area contributed by atoms with Crippen molar-refractivity contribution in [3.63, 3.8) is 0 Å². The average molecular weight is 257 g/mol. The van der Waals surface area contributed by atoms with Crippen LogP contribution in [0, 0.1) is 0 Å². The molecule has 0 bridgehead atoms. The number of fused-ring (bicyclic) bond motifs is 1. The van der Waals surface area contributed by atoms with Crippen molar-refractivity contribution in [3.05, 3.63) is 40.8 Å². The Hall–Kier alpha value is -2.34. The van der Waals surface area contributed by atoms with Gasteiger partial charge in [-0.15, -0.1) is 11.3 Å². The van der Waals surface area contributed by atoms with E-state index in [1.165, 1.54) is 11.3 Å². The van der Waals surface area contributed by atoms with Gasteiger partial charge >= 0.3 is 5.97 Å². The molecule has 5 nitrogen and oxygen atoms in total. The van der Waals surface area contributed by atoms with Gasteiger partial charge in [-0.05, 0) is 6.07 Å². The minimum Gasteiger partial charge on any atom is -0.476 e. The summed E-state index contributed by atoms with van der Waals surface area (Å²) >= 11 is 1.42. The number of hydrogen-bond acceptors (Lipinski definition) is 5. The van der Waals surface area contributed by atoms with Gasteiger partial charge in [-0.2, -0.15) is 0 Å². The molecule has 0 radical (unpaired) electrons. The van der Waals surface area contributed by atoms with Crippen LogP contribution < -0.4 is 0 Å². The lowest BCUT2D eigenvalue weighted by Gasteiger charge is -2.03. The van der Waals surface area contributed by atoms with E-state index in [1.54, 1.807) is 29.1 Å². The van der Waals surface area contributed by atoms with E-state index in [1.807, 2.05) is 6.07 Å². The van der Waals surface area contributed by atoms with E-state index < -0.39 is 5.97 Å². The number of rotatable bonds is 2. The van der Waals surface area contributed by atoms with Crippen molar-refractivity contribution < 1.29 is 9.90 Å². The van der Waals surface area contributed by atoms with Crippen LogP contribution in [-0.2, 0) is 0 Å². The first-order chi connectivity index (χ1) is 8.75. The predicted molar refractivity (Wildman–Crippen MR) is 67.6 cm³/mol. The number of para-hydroxylation sites is 1. The topological polar surface area (TPSA) is 76.0 Å². The molecule has 88 valence electrons. The van der Waals surface area contributed by atoms with Gasteiger partial charge in [0.1, 0.15) is 5.69 Å². The molecule has 0 saturated heterocycles. The van der Waals surface area contributed by atoms with Crippen molar-refractivity contribution in [2.75, 3.05) is 0 Å². The largest absolute Gasteiger partial charge is 0.476 e. The fourth-order valence-corrected chi connectivity index (χ4v) is 2.21. The smallest absolute Gasteiger partial charge is 0.355 e. The summed E-state index contributed by atoms with van der Waals surface area (Å²) in [5.74, 6) is -0.725. The molecule has 0 amide bonds. The lowest BCUT2D eigenvalue weighted by Crippen LogP contribution is -2.04. The predicted octanol–water partition coefficient (Wildman–Crippen LogP) is 2.45. The Balaban J connectivity index is 2.33. The molecule has 1 aromatic carbocycles. The minimum atomic E-state index is -1.06. The van der Waals surface area contributed by atoms with Crippen LogP contribution in [-0.4, -0.2) is 26.0 Å². The lowest BCUT2D eigenvalue weighted by molar-refractivity contribution is 0.0693. The molecule has 0 aliphatic rings. The molecule has 18 heavy (non-hydrogen) atoms. The van der Waals surface area contributed by atoms with Crippen molar-refractivity contribution in [2.24, 2.45) is 0 Å². The highest BCUT2D eigenvalue weighted by atomic mass is 32.1. The Bertz CT molecular complexity index is 725. The van der Waals surface area contributed by atoms with E-state index >= 15 is 0 Å². The maximum Gasteiger partial charge on any atom is 0.355 e. The second-order valence-electron chi connectivity index (χ2n) is 3.59. The average Bonchev–Trinajstić information content (AvgIpc) is 2.91. The first-order valence-corrected chi connectivity index (χ1v) is 6.08. The van der Waals surface area contributed by atoms with Crippen molar-refractivity contribution in [3.8, 4) is 11.5 Å². The van der Waals surface area contributed by atoms with E-state index in [0.29, 0.717) is 22.4 Å². The fourth-order valence-electron chi connectivity index (χ4n) is 1.68. The Morgan fingerprint density at radius 3 is 2.78 bits per heavy atom. The standard InChI is InChI=1S/C12H7N3O2S/c16-12(17)10-7-3-1-2-4-8(7)14-11(15-10)9-5-18-6-13-9/h1-6H,(H,16,17). The molecule has 3 aromatic rings. The van der Waals surface area contributed by atoms with Crippen LogP contribution in [0.1, 0.15) is 10.5 Å². The van der Waals surface area contributed by atoms with Gasteiger partial charge < -0.3 is 5.11 Å². The first-order valence-electron chi connectivity index (χ1n) is 5.14. The maximum atomic E-state index is 11.2. The number of carboxylic acid groups (broad SMARTS) is 1. The summed E-state index contributed by atoms with van der Waals surface area (Å²) in [4.78, 5) is 23.7. The molecule has 6 heteroatoms. The molecule has 0 unspecified atom stereocenters. The van der Waals surface area contributed by atoms with E-state index in [0.717, 1.165) is 0 Å². The summed E-state index contributed by atoms with van der Waals surface area (Å²) < 4.78 is 0. The molecule has 0 spiro atoms. The SMILES string of the molecule is O=C(O)c1nc(-c2cscn2)nc2ccccc12. The molecule has 0 saturated carbocycles. The fraction of sp³-hybridized carbons (Fsp3) is 0. The maximum absolute atomic E-state index is 11.2. The summed E-state index contributed by atoms with van der Waals surface area (Å²) in [6, 6.07) is 7.04. The van der Waals surface area contributed by atoms with Crippen molar-refractivity contribution >= 4 is 28.2 Å². The van der Waals surface area contributed by atoms with Gasteiger partial charge in [-0.25, -0.2) is 19.7 Å². The van der Waals surface area contributed by atoms with E-state index in [2.05, 4.69) is 15.0 Å². The van der Waals surface area contributed by atoms with E-state index in [-0.39, 0.29) is 5.69 Å². The third-order valence-electron chi connectivity index (χ3n) is 2.47. The van der Waals surface area contributed by atoms with Gasteiger partial charge in [0.2, 0.25) is 0 Å².